The normalized spacial score (nSPS) is 19.6. The van der Waals surface area contributed by atoms with Crippen molar-refractivity contribution in [3.8, 4) is 0 Å². The van der Waals surface area contributed by atoms with E-state index in [1.165, 1.54) is 6.42 Å². The lowest BCUT2D eigenvalue weighted by Gasteiger charge is -2.29. The topological polar surface area (TPSA) is 63.9 Å². The molecule has 0 radical (unpaired) electrons. The molecule has 1 aromatic carbocycles. The molecule has 30 heavy (non-hydrogen) atoms. The number of benzene rings is 1. The second kappa shape index (κ2) is 7.74. The van der Waals surface area contributed by atoms with Crippen LogP contribution < -0.4 is 10.5 Å². The number of nitrogens with zero attached hydrogens (tertiary/aromatic N) is 5. The Labute approximate surface area is 172 Å². The molecular weight excluding hydrogens is 388 g/mol. The van der Waals surface area contributed by atoms with Gasteiger partial charge in [-0.05, 0) is 43.9 Å². The number of halogens is 2. The predicted molar refractivity (Wildman–Crippen MR) is 110 cm³/mol. The van der Waals surface area contributed by atoms with Gasteiger partial charge in [-0.15, -0.1) is 0 Å². The summed E-state index contributed by atoms with van der Waals surface area (Å²) in [5.41, 5.74) is 0.119. The predicted octanol–water partition coefficient (Wildman–Crippen LogP) is 4.06. The number of anilines is 1. The molecular formula is C22H23F2N5O. The zero-order valence-corrected chi connectivity index (χ0v) is 16.5. The Bertz CT molecular complexity index is 1130. The highest BCUT2D eigenvalue weighted by molar-refractivity contribution is 5.77. The van der Waals surface area contributed by atoms with Gasteiger partial charge in [0.25, 0.3) is 12.0 Å². The van der Waals surface area contributed by atoms with Gasteiger partial charge in [0.05, 0.1) is 23.5 Å². The van der Waals surface area contributed by atoms with Gasteiger partial charge in [0.1, 0.15) is 17.5 Å². The van der Waals surface area contributed by atoms with E-state index in [2.05, 4.69) is 14.9 Å². The maximum Gasteiger partial charge on any atom is 0.261 e. The molecule has 2 aromatic heterocycles. The lowest BCUT2D eigenvalue weighted by atomic mass is 9.85. The Morgan fingerprint density at radius 2 is 1.90 bits per heavy atom. The van der Waals surface area contributed by atoms with Crippen LogP contribution >= 0.6 is 0 Å². The van der Waals surface area contributed by atoms with E-state index >= 15 is 0 Å². The van der Waals surface area contributed by atoms with Crippen molar-refractivity contribution in [1.29, 1.82) is 0 Å². The molecule has 2 aliphatic rings. The lowest BCUT2D eigenvalue weighted by Crippen LogP contribution is -2.34. The van der Waals surface area contributed by atoms with Gasteiger partial charge in [0.15, 0.2) is 0 Å². The van der Waals surface area contributed by atoms with E-state index < -0.39 is 18.5 Å². The highest BCUT2D eigenvalue weighted by Crippen LogP contribution is 2.37. The number of para-hydroxylation sites is 1. The minimum absolute atomic E-state index is 0.273. The minimum Gasteiger partial charge on any atom is -0.346 e. The van der Waals surface area contributed by atoms with E-state index in [4.69, 9.17) is 4.98 Å². The van der Waals surface area contributed by atoms with Gasteiger partial charge in [0, 0.05) is 18.7 Å². The van der Waals surface area contributed by atoms with Gasteiger partial charge in [-0.25, -0.2) is 23.7 Å². The summed E-state index contributed by atoms with van der Waals surface area (Å²) in [5, 5.41) is 0.362. The molecule has 1 aliphatic heterocycles. The Balaban J connectivity index is 1.59. The van der Waals surface area contributed by atoms with Crippen molar-refractivity contribution in [2.75, 3.05) is 11.4 Å². The number of hydrogen-bond donors (Lipinski definition) is 0. The number of fused-ring (bicyclic) bond motifs is 1. The van der Waals surface area contributed by atoms with E-state index in [-0.39, 0.29) is 6.04 Å². The van der Waals surface area contributed by atoms with Crippen molar-refractivity contribution in [3.63, 3.8) is 0 Å². The first kappa shape index (κ1) is 19.1. The highest BCUT2D eigenvalue weighted by Gasteiger charge is 2.33. The zero-order chi connectivity index (χ0) is 20.7. The van der Waals surface area contributed by atoms with E-state index in [9.17, 15) is 13.6 Å². The van der Waals surface area contributed by atoms with Crippen LogP contribution in [0.15, 0.2) is 41.3 Å². The third-order valence-corrected chi connectivity index (χ3v) is 6.19. The van der Waals surface area contributed by atoms with Crippen molar-refractivity contribution in [1.82, 2.24) is 19.5 Å². The van der Waals surface area contributed by atoms with E-state index in [1.54, 1.807) is 30.5 Å². The largest absolute Gasteiger partial charge is 0.346 e. The molecule has 0 spiro atoms. The smallest absolute Gasteiger partial charge is 0.261 e. The molecule has 2 fully saturated rings. The molecule has 6 nitrogen and oxygen atoms in total. The average molecular weight is 411 g/mol. The average Bonchev–Trinajstić information content (AvgIpc) is 3.18. The molecule has 5 rings (SSSR count). The van der Waals surface area contributed by atoms with Crippen molar-refractivity contribution < 1.29 is 8.78 Å². The molecule has 1 unspecified atom stereocenters. The van der Waals surface area contributed by atoms with Crippen molar-refractivity contribution in [3.05, 3.63) is 58.5 Å². The molecule has 0 N–H and O–H groups in total. The molecule has 156 valence electrons. The molecule has 3 heterocycles. The third kappa shape index (κ3) is 3.34. The maximum absolute atomic E-state index is 13.4. The van der Waals surface area contributed by atoms with Gasteiger partial charge >= 0.3 is 0 Å². The summed E-state index contributed by atoms with van der Waals surface area (Å²) in [5.74, 6) is 2.42. The van der Waals surface area contributed by atoms with Crippen molar-refractivity contribution >= 4 is 16.7 Å². The second-order valence-electron chi connectivity index (χ2n) is 8.05. The molecule has 0 amide bonds. The quantitative estimate of drug-likeness (QED) is 0.634. The monoisotopic (exact) mass is 411 g/mol. The fourth-order valence-corrected chi connectivity index (χ4v) is 4.45. The summed E-state index contributed by atoms with van der Waals surface area (Å²) in [6.07, 6.45) is 4.15. The Morgan fingerprint density at radius 3 is 2.67 bits per heavy atom. The van der Waals surface area contributed by atoms with E-state index in [1.807, 2.05) is 6.07 Å². The minimum atomic E-state index is -2.64. The van der Waals surface area contributed by atoms with Crippen LogP contribution in [-0.2, 0) is 6.54 Å². The highest BCUT2D eigenvalue weighted by atomic mass is 19.3. The van der Waals surface area contributed by atoms with Gasteiger partial charge in [0.2, 0.25) is 0 Å². The molecule has 3 aromatic rings. The van der Waals surface area contributed by atoms with Crippen LogP contribution in [0.5, 0.6) is 0 Å². The molecule has 0 bridgehead atoms. The fraction of sp³-hybridized carbons (Fsp3) is 0.455. The van der Waals surface area contributed by atoms with Gasteiger partial charge in [-0.1, -0.05) is 18.6 Å². The summed E-state index contributed by atoms with van der Waals surface area (Å²) in [6, 6.07) is 8.51. The first-order valence-electron chi connectivity index (χ1n) is 10.5. The zero-order valence-electron chi connectivity index (χ0n) is 16.5. The number of aromatic nitrogens is 4. The van der Waals surface area contributed by atoms with Crippen LogP contribution in [0.3, 0.4) is 0 Å². The third-order valence-electron chi connectivity index (χ3n) is 6.19. The fourth-order valence-electron chi connectivity index (χ4n) is 4.45. The first-order chi connectivity index (χ1) is 14.6. The number of rotatable bonds is 5. The van der Waals surface area contributed by atoms with Crippen LogP contribution in [0.2, 0.25) is 0 Å². The number of hydrogen-bond acceptors (Lipinski definition) is 5. The molecule has 8 heteroatoms. The van der Waals surface area contributed by atoms with Crippen molar-refractivity contribution in [2.45, 2.75) is 57.0 Å². The van der Waals surface area contributed by atoms with Gasteiger partial charge in [-0.3, -0.25) is 9.36 Å². The van der Waals surface area contributed by atoms with E-state index in [0.29, 0.717) is 22.6 Å². The SMILES string of the molecule is O=c1c2ccccc2nc(C2CCCN2c2ccnc(C3CCC3)n2)n1CC(F)F. The molecule has 1 saturated carbocycles. The van der Waals surface area contributed by atoms with Crippen LogP contribution in [0, 0.1) is 0 Å². The number of alkyl halides is 2. The Hall–Kier alpha value is -2.90. The van der Waals surface area contributed by atoms with E-state index in [0.717, 1.165) is 48.4 Å². The summed E-state index contributed by atoms with van der Waals surface area (Å²) < 4.78 is 27.9. The lowest BCUT2D eigenvalue weighted by molar-refractivity contribution is 0.123. The van der Waals surface area contributed by atoms with Crippen LogP contribution in [0.1, 0.15) is 55.7 Å². The summed E-state index contributed by atoms with van der Waals surface area (Å²) in [7, 11) is 0. The Kier molecular flexibility index (Phi) is 4.92. The maximum atomic E-state index is 13.4. The standard InChI is InChI=1S/C22H23F2N5O/c23-18(24)13-29-21(26-16-8-2-1-7-15(16)22(29)30)17-9-4-12-28(17)19-10-11-25-20(27-19)14-5-3-6-14/h1-2,7-8,10-11,14,17-18H,3-6,9,12-13H2. The molecule has 1 atom stereocenters. The van der Waals surface area contributed by atoms with Crippen molar-refractivity contribution in [2.24, 2.45) is 0 Å². The van der Waals surface area contributed by atoms with Crippen LogP contribution in [-0.4, -0.2) is 32.5 Å². The summed E-state index contributed by atoms with van der Waals surface area (Å²) in [6.45, 7) is 0.0800. The second-order valence-corrected chi connectivity index (χ2v) is 8.05. The first-order valence-corrected chi connectivity index (χ1v) is 10.5. The summed E-state index contributed by atoms with van der Waals surface area (Å²) in [4.78, 5) is 29.0. The van der Waals surface area contributed by atoms with Gasteiger partial charge in [-0.2, -0.15) is 0 Å². The molecule has 1 saturated heterocycles. The summed E-state index contributed by atoms with van der Waals surface area (Å²) >= 11 is 0. The Morgan fingerprint density at radius 1 is 1.07 bits per heavy atom. The van der Waals surface area contributed by atoms with Crippen LogP contribution in [0.25, 0.3) is 10.9 Å². The molecule has 1 aliphatic carbocycles. The van der Waals surface area contributed by atoms with Gasteiger partial charge < -0.3 is 4.90 Å². The van der Waals surface area contributed by atoms with Crippen LogP contribution in [0.4, 0.5) is 14.6 Å².